The van der Waals surface area contributed by atoms with Crippen LogP contribution >= 0.6 is 11.6 Å². The Kier molecular flexibility index (Phi) is 3.90. The Morgan fingerprint density at radius 2 is 2.11 bits per heavy atom. The third-order valence-corrected chi connectivity index (χ3v) is 3.12. The van der Waals surface area contributed by atoms with Crippen molar-refractivity contribution in [3.05, 3.63) is 28.2 Å². The lowest BCUT2D eigenvalue weighted by Crippen LogP contribution is -2.11. The van der Waals surface area contributed by atoms with Crippen LogP contribution in [0.3, 0.4) is 0 Å². The molecule has 0 aliphatic rings. The van der Waals surface area contributed by atoms with Crippen LogP contribution in [-0.4, -0.2) is 22.2 Å². The first kappa shape index (κ1) is 13.6. The Balaban J connectivity index is 2.26. The number of rotatable bonds is 4. The zero-order valence-electron chi connectivity index (χ0n) is 11.3. The van der Waals surface area contributed by atoms with E-state index in [-0.39, 0.29) is 6.04 Å². The first-order valence-corrected chi connectivity index (χ1v) is 6.30. The van der Waals surface area contributed by atoms with Crippen LogP contribution in [0.15, 0.2) is 10.7 Å². The lowest BCUT2D eigenvalue weighted by atomic mass is 10.1. The van der Waals surface area contributed by atoms with E-state index in [2.05, 4.69) is 25.8 Å². The number of hydrogen-bond acceptors (Lipinski definition) is 6. The molecule has 0 aliphatic carbocycles. The van der Waals surface area contributed by atoms with Gasteiger partial charge in [-0.3, -0.25) is 0 Å². The van der Waals surface area contributed by atoms with Crippen LogP contribution in [0.4, 0.5) is 11.8 Å². The normalized spacial score (nSPS) is 12.3. The van der Waals surface area contributed by atoms with Crippen molar-refractivity contribution in [2.75, 3.05) is 17.7 Å². The van der Waals surface area contributed by atoms with Crippen molar-refractivity contribution in [3.63, 3.8) is 0 Å². The van der Waals surface area contributed by atoms with Crippen molar-refractivity contribution in [3.8, 4) is 0 Å². The molecule has 7 heteroatoms. The smallest absolute Gasteiger partial charge is 0.224 e. The summed E-state index contributed by atoms with van der Waals surface area (Å²) in [6.45, 7) is 5.79. The summed E-state index contributed by atoms with van der Waals surface area (Å²) >= 11 is 6.08. The Morgan fingerprint density at radius 1 is 1.37 bits per heavy atom. The van der Waals surface area contributed by atoms with Crippen LogP contribution in [0.1, 0.15) is 30.0 Å². The van der Waals surface area contributed by atoms with Crippen LogP contribution in [0, 0.1) is 13.8 Å². The molecule has 102 valence electrons. The van der Waals surface area contributed by atoms with Gasteiger partial charge in [0.05, 0.1) is 17.9 Å². The molecule has 0 saturated carbocycles. The molecule has 0 amide bonds. The quantitative estimate of drug-likeness (QED) is 0.897. The van der Waals surface area contributed by atoms with Crippen molar-refractivity contribution < 1.29 is 4.52 Å². The van der Waals surface area contributed by atoms with E-state index in [9.17, 15) is 0 Å². The summed E-state index contributed by atoms with van der Waals surface area (Å²) in [4.78, 5) is 8.32. The fraction of sp³-hybridized carbons (Fsp3) is 0.417. The van der Waals surface area contributed by atoms with Gasteiger partial charge in [0.1, 0.15) is 10.8 Å². The van der Waals surface area contributed by atoms with Crippen LogP contribution in [0.5, 0.6) is 0 Å². The predicted octanol–water partition coefficient (Wildman–Crippen LogP) is 2.95. The van der Waals surface area contributed by atoms with Gasteiger partial charge in [0.2, 0.25) is 5.95 Å². The van der Waals surface area contributed by atoms with E-state index in [0.717, 1.165) is 17.0 Å². The summed E-state index contributed by atoms with van der Waals surface area (Å²) < 4.78 is 5.16. The molecule has 2 rings (SSSR count). The molecule has 1 atom stereocenters. The van der Waals surface area contributed by atoms with Gasteiger partial charge in [-0.2, -0.15) is 4.98 Å². The monoisotopic (exact) mass is 281 g/mol. The number of nitrogens with one attached hydrogen (secondary N) is 2. The van der Waals surface area contributed by atoms with Crippen LogP contribution in [0.2, 0.25) is 5.02 Å². The molecular formula is C12H16ClN5O. The van der Waals surface area contributed by atoms with Gasteiger partial charge in [0, 0.05) is 12.6 Å². The van der Waals surface area contributed by atoms with Gasteiger partial charge in [0.15, 0.2) is 5.82 Å². The number of hydrogen-bond donors (Lipinski definition) is 2. The molecule has 0 radical (unpaired) electrons. The number of aryl methyl sites for hydroxylation is 2. The SMILES string of the molecule is CNc1ncc(Cl)c(NC(C)c2c(C)noc2C)n1. The van der Waals surface area contributed by atoms with E-state index in [1.165, 1.54) is 0 Å². The Hall–Kier alpha value is -1.82. The fourth-order valence-electron chi connectivity index (χ4n) is 1.97. The second-order valence-electron chi connectivity index (χ2n) is 4.24. The van der Waals surface area contributed by atoms with Crippen LogP contribution < -0.4 is 10.6 Å². The first-order chi connectivity index (χ1) is 9.02. The highest BCUT2D eigenvalue weighted by atomic mass is 35.5. The van der Waals surface area contributed by atoms with E-state index >= 15 is 0 Å². The summed E-state index contributed by atoms with van der Waals surface area (Å²) in [6, 6.07) is -0.0108. The summed E-state index contributed by atoms with van der Waals surface area (Å²) in [7, 11) is 1.75. The molecule has 19 heavy (non-hydrogen) atoms. The summed E-state index contributed by atoms with van der Waals surface area (Å²) in [6.07, 6.45) is 1.56. The van der Waals surface area contributed by atoms with Gasteiger partial charge < -0.3 is 15.2 Å². The van der Waals surface area contributed by atoms with Crippen molar-refractivity contribution in [1.29, 1.82) is 0 Å². The molecule has 2 aromatic rings. The molecule has 0 aliphatic heterocycles. The third kappa shape index (κ3) is 2.78. The second-order valence-corrected chi connectivity index (χ2v) is 4.65. The van der Waals surface area contributed by atoms with Gasteiger partial charge in [-0.15, -0.1) is 0 Å². The summed E-state index contributed by atoms with van der Waals surface area (Å²) in [5, 5.41) is 10.5. The van der Waals surface area contributed by atoms with E-state index in [1.807, 2.05) is 20.8 Å². The second kappa shape index (κ2) is 5.44. The molecule has 0 spiro atoms. The minimum absolute atomic E-state index is 0.0108. The first-order valence-electron chi connectivity index (χ1n) is 5.92. The number of aromatic nitrogens is 3. The maximum absolute atomic E-state index is 6.08. The third-order valence-electron chi connectivity index (χ3n) is 2.84. The fourth-order valence-corrected chi connectivity index (χ4v) is 2.12. The van der Waals surface area contributed by atoms with Gasteiger partial charge in [0.25, 0.3) is 0 Å². The van der Waals surface area contributed by atoms with Crippen molar-refractivity contribution in [1.82, 2.24) is 15.1 Å². The lowest BCUT2D eigenvalue weighted by Gasteiger charge is -2.15. The number of anilines is 2. The van der Waals surface area contributed by atoms with E-state index < -0.39 is 0 Å². The maximum atomic E-state index is 6.08. The van der Waals surface area contributed by atoms with Gasteiger partial charge >= 0.3 is 0 Å². The molecular weight excluding hydrogens is 266 g/mol. The molecule has 6 nitrogen and oxygen atoms in total. The summed E-state index contributed by atoms with van der Waals surface area (Å²) in [5.74, 6) is 1.88. The molecule has 2 aromatic heterocycles. The van der Waals surface area contributed by atoms with Gasteiger partial charge in [-0.1, -0.05) is 16.8 Å². The standard InChI is InChI=1S/C12H16ClN5O/c1-6(10-7(2)18-19-8(10)3)16-11-9(13)5-15-12(14-4)17-11/h5-6H,1-4H3,(H2,14,15,16,17). The maximum Gasteiger partial charge on any atom is 0.224 e. The zero-order chi connectivity index (χ0) is 14.0. The number of nitrogens with zero attached hydrogens (tertiary/aromatic N) is 3. The topological polar surface area (TPSA) is 75.9 Å². The van der Waals surface area contributed by atoms with Crippen LogP contribution in [0.25, 0.3) is 0 Å². The van der Waals surface area contributed by atoms with E-state index in [1.54, 1.807) is 13.2 Å². The molecule has 2 heterocycles. The molecule has 0 bridgehead atoms. The Bertz CT molecular complexity index is 564. The number of halogens is 1. The molecule has 0 fully saturated rings. The van der Waals surface area contributed by atoms with Crippen molar-refractivity contribution in [2.45, 2.75) is 26.8 Å². The summed E-state index contributed by atoms with van der Waals surface area (Å²) in [5.41, 5.74) is 1.87. The largest absolute Gasteiger partial charge is 0.362 e. The van der Waals surface area contributed by atoms with Gasteiger partial charge in [-0.05, 0) is 20.8 Å². The minimum atomic E-state index is -0.0108. The predicted molar refractivity (Wildman–Crippen MR) is 74.6 cm³/mol. The average molecular weight is 282 g/mol. The highest BCUT2D eigenvalue weighted by molar-refractivity contribution is 6.32. The minimum Gasteiger partial charge on any atom is -0.362 e. The highest BCUT2D eigenvalue weighted by Crippen LogP contribution is 2.27. The Labute approximate surface area is 116 Å². The van der Waals surface area contributed by atoms with Crippen molar-refractivity contribution >= 4 is 23.4 Å². The molecule has 0 aromatic carbocycles. The van der Waals surface area contributed by atoms with Crippen molar-refractivity contribution in [2.24, 2.45) is 0 Å². The lowest BCUT2D eigenvalue weighted by molar-refractivity contribution is 0.392. The molecule has 2 N–H and O–H groups in total. The zero-order valence-corrected chi connectivity index (χ0v) is 12.0. The van der Waals surface area contributed by atoms with Gasteiger partial charge in [-0.25, -0.2) is 4.98 Å². The van der Waals surface area contributed by atoms with Crippen LogP contribution in [-0.2, 0) is 0 Å². The molecule has 1 unspecified atom stereocenters. The van der Waals surface area contributed by atoms with E-state index in [4.69, 9.17) is 16.1 Å². The van der Waals surface area contributed by atoms with E-state index in [0.29, 0.717) is 16.8 Å². The molecule has 0 saturated heterocycles. The highest BCUT2D eigenvalue weighted by Gasteiger charge is 2.18. The Morgan fingerprint density at radius 3 is 2.68 bits per heavy atom. The average Bonchev–Trinajstić information content (AvgIpc) is 2.71.